The highest BCUT2D eigenvalue weighted by molar-refractivity contribution is 7.13. The number of benzene rings is 2. The van der Waals surface area contributed by atoms with E-state index >= 15 is 0 Å². The predicted molar refractivity (Wildman–Crippen MR) is 121 cm³/mol. The van der Waals surface area contributed by atoms with Crippen molar-refractivity contribution in [3.63, 3.8) is 0 Å². The molecule has 0 aliphatic rings. The zero-order valence-electron chi connectivity index (χ0n) is 17.6. The summed E-state index contributed by atoms with van der Waals surface area (Å²) in [5.74, 6) is -0.843. The third kappa shape index (κ3) is 4.59. The first-order chi connectivity index (χ1) is 15.4. The zero-order valence-corrected chi connectivity index (χ0v) is 18.4. The molecule has 0 aliphatic heterocycles. The molecule has 0 saturated carbocycles. The number of esters is 1. The van der Waals surface area contributed by atoms with E-state index in [1.54, 1.807) is 28.3 Å². The minimum Gasteiger partial charge on any atom is -0.458 e. The number of nitrogens with one attached hydrogen (secondary N) is 1. The molecule has 2 aromatic heterocycles. The summed E-state index contributed by atoms with van der Waals surface area (Å²) in [5.41, 5.74) is 3.13. The number of carbonyl (C=O) groups is 2. The summed E-state index contributed by atoms with van der Waals surface area (Å²) in [6, 6.07) is 14.8. The van der Waals surface area contributed by atoms with E-state index in [1.807, 2.05) is 43.3 Å². The largest absolute Gasteiger partial charge is 0.458 e. The second-order valence-corrected chi connectivity index (χ2v) is 8.28. The van der Waals surface area contributed by atoms with Gasteiger partial charge in [0.2, 0.25) is 5.01 Å². The van der Waals surface area contributed by atoms with Crippen molar-refractivity contribution in [2.75, 3.05) is 5.32 Å². The molecule has 0 spiro atoms. The van der Waals surface area contributed by atoms with Gasteiger partial charge in [0.1, 0.15) is 6.61 Å². The lowest BCUT2D eigenvalue weighted by Crippen LogP contribution is -2.23. The molecule has 0 saturated heterocycles. The van der Waals surface area contributed by atoms with E-state index in [-0.39, 0.29) is 36.2 Å². The van der Waals surface area contributed by atoms with Crippen LogP contribution in [0.2, 0.25) is 0 Å². The van der Waals surface area contributed by atoms with E-state index in [1.165, 1.54) is 0 Å². The molecule has 0 bridgehead atoms. The third-order valence-corrected chi connectivity index (χ3v) is 5.81. The molecule has 0 unspecified atom stereocenters. The number of anilines is 1. The first kappa shape index (κ1) is 21.4. The fourth-order valence-corrected chi connectivity index (χ4v) is 3.87. The minimum atomic E-state index is -0.467. The molecular formula is C22H21N5O4S. The van der Waals surface area contributed by atoms with Crippen molar-refractivity contribution in [1.29, 1.82) is 0 Å². The summed E-state index contributed by atoms with van der Waals surface area (Å²) < 4.78 is 8.35. The summed E-state index contributed by atoms with van der Waals surface area (Å²) in [7, 11) is 1.70. The molecule has 0 fully saturated rings. The monoisotopic (exact) mass is 451 g/mol. The Labute approximate surface area is 187 Å². The molecule has 32 heavy (non-hydrogen) atoms. The molecule has 2 aromatic carbocycles. The summed E-state index contributed by atoms with van der Waals surface area (Å²) in [4.78, 5) is 36.9. The molecule has 164 valence electrons. The van der Waals surface area contributed by atoms with E-state index < -0.39 is 5.97 Å². The molecule has 0 radical (unpaired) electrons. The Hall–Kier alpha value is -3.79. The SMILES string of the molecule is Cc1ccc(NC(=O)c2nnc(COC(=O)CCn3c(=O)n(C)c4ccccc43)s2)cc1. The molecular weight excluding hydrogens is 430 g/mol. The van der Waals surface area contributed by atoms with Gasteiger partial charge in [-0.2, -0.15) is 0 Å². The van der Waals surface area contributed by atoms with Crippen LogP contribution >= 0.6 is 11.3 Å². The topological polar surface area (TPSA) is 108 Å². The van der Waals surface area contributed by atoms with Crippen molar-refractivity contribution < 1.29 is 14.3 Å². The van der Waals surface area contributed by atoms with Gasteiger partial charge >= 0.3 is 11.7 Å². The third-order valence-electron chi connectivity index (χ3n) is 4.92. The second-order valence-electron chi connectivity index (χ2n) is 7.21. The number of amides is 1. The number of hydrogen-bond donors (Lipinski definition) is 1. The normalized spacial score (nSPS) is 10.9. The molecule has 0 atom stereocenters. The first-order valence-electron chi connectivity index (χ1n) is 9.92. The highest BCUT2D eigenvalue weighted by Crippen LogP contribution is 2.16. The molecule has 1 N–H and O–H groups in total. The number of carbonyl (C=O) groups excluding carboxylic acids is 2. The van der Waals surface area contributed by atoms with Crippen molar-refractivity contribution in [2.24, 2.45) is 7.05 Å². The number of aryl methyl sites for hydroxylation is 3. The maximum absolute atomic E-state index is 12.4. The van der Waals surface area contributed by atoms with Gasteiger partial charge in [-0.1, -0.05) is 41.2 Å². The van der Waals surface area contributed by atoms with Crippen molar-refractivity contribution in [3.05, 3.63) is 74.6 Å². The number of hydrogen-bond acceptors (Lipinski definition) is 7. The number of nitrogens with zero attached hydrogens (tertiary/aromatic N) is 4. The summed E-state index contributed by atoms with van der Waals surface area (Å²) in [6.07, 6.45) is 0.0352. The maximum atomic E-state index is 12.4. The second kappa shape index (κ2) is 9.15. The smallest absolute Gasteiger partial charge is 0.328 e. The van der Waals surface area contributed by atoms with E-state index in [2.05, 4.69) is 15.5 Å². The highest BCUT2D eigenvalue weighted by atomic mass is 32.1. The van der Waals surface area contributed by atoms with Gasteiger partial charge in [-0.25, -0.2) is 4.79 Å². The highest BCUT2D eigenvalue weighted by Gasteiger charge is 2.15. The van der Waals surface area contributed by atoms with Crippen LogP contribution in [0.25, 0.3) is 11.0 Å². The van der Waals surface area contributed by atoms with E-state index in [0.29, 0.717) is 10.7 Å². The van der Waals surface area contributed by atoms with Crippen LogP contribution in [-0.4, -0.2) is 31.2 Å². The number of aromatic nitrogens is 4. The average Bonchev–Trinajstić information content (AvgIpc) is 3.36. The van der Waals surface area contributed by atoms with Gasteiger partial charge in [0.15, 0.2) is 5.01 Å². The van der Waals surface area contributed by atoms with Crippen LogP contribution in [0.5, 0.6) is 0 Å². The number of imidazole rings is 1. The average molecular weight is 452 g/mol. The minimum absolute atomic E-state index is 0.0352. The van der Waals surface area contributed by atoms with Crippen molar-refractivity contribution in [3.8, 4) is 0 Å². The van der Waals surface area contributed by atoms with Crippen LogP contribution in [0.15, 0.2) is 53.3 Å². The van der Waals surface area contributed by atoms with Crippen molar-refractivity contribution in [1.82, 2.24) is 19.3 Å². The number of para-hydroxylation sites is 2. The lowest BCUT2D eigenvalue weighted by molar-refractivity contribution is -0.145. The van der Waals surface area contributed by atoms with Crippen LogP contribution in [-0.2, 0) is 29.7 Å². The van der Waals surface area contributed by atoms with E-state index in [4.69, 9.17) is 4.74 Å². The number of rotatable bonds is 7. The molecule has 4 aromatic rings. The van der Waals surface area contributed by atoms with Gasteiger partial charge in [0, 0.05) is 19.3 Å². The quantitative estimate of drug-likeness (QED) is 0.433. The summed E-state index contributed by atoms with van der Waals surface area (Å²) in [6.45, 7) is 2.09. The van der Waals surface area contributed by atoms with Crippen molar-refractivity contribution in [2.45, 2.75) is 26.5 Å². The Morgan fingerprint density at radius 2 is 1.78 bits per heavy atom. The Bertz CT molecular complexity index is 1340. The first-order valence-corrected chi connectivity index (χ1v) is 10.7. The summed E-state index contributed by atoms with van der Waals surface area (Å²) >= 11 is 1.06. The molecule has 1 amide bonds. The molecule has 0 aliphatic carbocycles. The molecule has 2 heterocycles. The maximum Gasteiger partial charge on any atom is 0.328 e. The van der Waals surface area contributed by atoms with Gasteiger partial charge < -0.3 is 10.1 Å². The fourth-order valence-electron chi connectivity index (χ4n) is 3.22. The van der Waals surface area contributed by atoms with Crippen LogP contribution in [0.4, 0.5) is 5.69 Å². The molecule has 10 heteroatoms. The van der Waals surface area contributed by atoms with Gasteiger partial charge in [0.25, 0.3) is 5.91 Å². The van der Waals surface area contributed by atoms with Crippen LogP contribution in [0.3, 0.4) is 0 Å². The van der Waals surface area contributed by atoms with Crippen LogP contribution in [0.1, 0.15) is 26.8 Å². The Kier molecular flexibility index (Phi) is 6.13. The van der Waals surface area contributed by atoms with Gasteiger partial charge in [-0.3, -0.25) is 18.7 Å². The number of ether oxygens (including phenoxy) is 1. The predicted octanol–water partition coefficient (Wildman–Crippen LogP) is 2.89. The Morgan fingerprint density at radius 3 is 2.53 bits per heavy atom. The van der Waals surface area contributed by atoms with E-state index in [9.17, 15) is 14.4 Å². The van der Waals surface area contributed by atoms with E-state index in [0.717, 1.165) is 27.9 Å². The standard InChI is InChI=1S/C22H21N5O4S/c1-14-7-9-15(10-8-14)23-20(29)21-25-24-18(32-21)13-31-19(28)11-12-27-17-6-4-3-5-16(17)26(2)22(27)30/h3-10H,11-13H2,1-2H3,(H,23,29). The lowest BCUT2D eigenvalue weighted by Gasteiger charge is -2.04. The number of fused-ring (bicyclic) bond motifs is 1. The Morgan fingerprint density at radius 1 is 1.06 bits per heavy atom. The summed E-state index contributed by atoms with van der Waals surface area (Å²) in [5, 5.41) is 11.1. The fraction of sp³-hybridized carbons (Fsp3) is 0.227. The van der Waals surface area contributed by atoms with Gasteiger partial charge in [0.05, 0.1) is 17.5 Å². The van der Waals surface area contributed by atoms with Gasteiger partial charge in [-0.05, 0) is 31.2 Å². The van der Waals surface area contributed by atoms with Crippen LogP contribution < -0.4 is 11.0 Å². The zero-order chi connectivity index (χ0) is 22.7. The van der Waals surface area contributed by atoms with Gasteiger partial charge in [-0.15, -0.1) is 10.2 Å². The Balaban J connectivity index is 1.31. The van der Waals surface area contributed by atoms with Crippen molar-refractivity contribution >= 4 is 39.9 Å². The lowest BCUT2D eigenvalue weighted by atomic mass is 10.2. The molecule has 4 rings (SSSR count). The molecule has 9 nitrogen and oxygen atoms in total. The van der Waals surface area contributed by atoms with Crippen LogP contribution in [0, 0.1) is 6.92 Å².